The van der Waals surface area contributed by atoms with Gasteiger partial charge in [-0.25, -0.2) is 8.42 Å². The summed E-state index contributed by atoms with van der Waals surface area (Å²) in [6, 6.07) is 4.40. The maximum atomic E-state index is 11.7. The zero-order valence-corrected chi connectivity index (χ0v) is 19.6. The number of guanidine groups is 1. The molecule has 2 aliphatic heterocycles. The van der Waals surface area contributed by atoms with Crippen molar-refractivity contribution in [1.29, 1.82) is 0 Å². The van der Waals surface area contributed by atoms with Crippen molar-refractivity contribution in [2.45, 2.75) is 25.4 Å². The molecule has 0 bridgehead atoms. The first-order valence-electron chi connectivity index (χ1n) is 9.18. The number of nitrogens with one attached hydrogen (secondary N) is 2. The van der Waals surface area contributed by atoms with Gasteiger partial charge in [0.2, 0.25) is 0 Å². The number of nitrogens with zero attached hydrogens (tertiary/aromatic N) is 2. The van der Waals surface area contributed by atoms with Crippen LogP contribution in [0, 0.1) is 0 Å². The van der Waals surface area contributed by atoms with Crippen molar-refractivity contribution in [2.75, 3.05) is 50.9 Å². The zero-order valence-electron chi connectivity index (χ0n) is 15.6. The first kappa shape index (κ1) is 22.9. The minimum absolute atomic E-state index is 0. The molecule has 10 heteroatoms. The third kappa shape index (κ3) is 6.84. The van der Waals surface area contributed by atoms with E-state index in [-0.39, 0.29) is 47.6 Å². The van der Waals surface area contributed by atoms with Crippen molar-refractivity contribution in [3.05, 3.63) is 22.4 Å². The average Bonchev–Trinajstić information content (AvgIpc) is 3.26. The van der Waals surface area contributed by atoms with E-state index in [2.05, 4.69) is 33.0 Å². The van der Waals surface area contributed by atoms with Crippen LogP contribution in [0.15, 0.2) is 22.5 Å². The van der Waals surface area contributed by atoms with Crippen LogP contribution in [-0.2, 0) is 14.6 Å². The molecule has 3 rings (SSSR count). The van der Waals surface area contributed by atoms with Crippen molar-refractivity contribution in [3.63, 3.8) is 0 Å². The van der Waals surface area contributed by atoms with Gasteiger partial charge in [-0.2, -0.15) is 0 Å². The quantitative estimate of drug-likeness (QED) is 0.331. The van der Waals surface area contributed by atoms with Gasteiger partial charge in [0.05, 0.1) is 37.3 Å². The van der Waals surface area contributed by atoms with Crippen LogP contribution in [0.3, 0.4) is 0 Å². The van der Waals surface area contributed by atoms with E-state index in [9.17, 15) is 8.42 Å². The molecular weight excluding hydrogens is 499 g/mol. The van der Waals surface area contributed by atoms with Gasteiger partial charge in [0.25, 0.3) is 0 Å². The third-order valence-corrected chi connectivity index (χ3v) is 7.44. The van der Waals surface area contributed by atoms with Crippen LogP contribution in [0.1, 0.15) is 24.3 Å². The zero-order chi connectivity index (χ0) is 18.4. The summed E-state index contributed by atoms with van der Waals surface area (Å²) in [5, 5.41) is 8.64. The molecule has 0 amide bonds. The lowest BCUT2D eigenvalue weighted by molar-refractivity contribution is 0.0186. The van der Waals surface area contributed by atoms with E-state index in [0.717, 1.165) is 32.8 Å². The Morgan fingerprint density at radius 3 is 2.81 bits per heavy atom. The Hall–Kier alpha value is -0.430. The normalized spacial score (nSPS) is 24.2. The highest BCUT2D eigenvalue weighted by atomic mass is 127. The summed E-state index contributed by atoms with van der Waals surface area (Å²) in [6.07, 6.45) is 0.643. The number of rotatable bonds is 6. The second kappa shape index (κ2) is 10.9. The van der Waals surface area contributed by atoms with Crippen molar-refractivity contribution in [2.24, 2.45) is 4.99 Å². The molecule has 2 fully saturated rings. The maximum absolute atomic E-state index is 11.7. The van der Waals surface area contributed by atoms with E-state index in [1.807, 2.05) is 6.92 Å². The standard InChI is InChI=1S/C17H28N4O3S2.HI/c1-2-18-17(20-14-5-11-26(22,23)13-14)19-12-15(16-4-3-10-25-16)21-6-8-24-9-7-21;/h3-4,10,14-15H,2,5-9,11-13H2,1H3,(H2,18,19,20);1H. The largest absolute Gasteiger partial charge is 0.379 e. The predicted octanol–water partition coefficient (Wildman–Crippen LogP) is 1.48. The lowest BCUT2D eigenvalue weighted by atomic mass is 10.2. The highest BCUT2D eigenvalue weighted by Gasteiger charge is 2.29. The summed E-state index contributed by atoms with van der Waals surface area (Å²) in [7, 11) is -2.91. The molecule has 3 heterocycles. The molecule has 2 saturated heterocycles. The van der Waals surface area contributed by atoms with Gasteiger partial charge in [-0.3, -0.25) is 9.89 Å². The second-order valence-corrected chi connectivity index (χ2v) is 9.85. The molecule has 0 radical (unpaired) electrons. The molecule has 2 unspecified atom stereocenters. The van der Waals surface area contributed by atoms with Crippen LogP contribution in [0.4, 0.5) is 0 Å². The summed E-state index contributed by atoms with van der Waals surface area (Å²) >= 11 is 1.75. The number of morpholine rings is 1. The minimum Gasteiger partial charge on any atom is -0.379 e. The Labute approximate surface area is 182 Å². The van der Waals surface area contributed by atoms with Gasteiger partial charge in [-0.05, 0) is 24.8 Å². The first-order valence-corrected chi connectivity index (χ1v) is 11.9. The fraction of sp³-hybridized carbons (Fsp3) is 0.706. The number of hydrogen-bond donors (Lipinski definition) is 2. The van der Waals surface area contributed by atoms with Gasteiger partial charge in [0.15, 0.2) is 15.8 Å². The van der Waals surface area contributed by atoms with Crippen molar-refractivity contribution >= 4 is 51.1 Å². The molecule has 0 saturated carbocycles. The predicted molar refractivity (Wildman–Crippen MR) is 121 cm³/mol. The van der Waals surface area contributed by atoms with E-state index in [0.29, 0.717) is 18.9 Å². The maximum Gasteiger partial charge on any atom is 0.191 e. The Bertz CT molecular complexity index is 691. The Morgan fingerprint density at radius 1 is 1.44 bits per heavy atom. The number of sulfone groups is 1. The summed E-state index contributed by atoms with van der Waals surface area (Å²) < 4.78 is 28.9. The Kier molecular flexibility index (Phi) is 9.26. The first-order chi connectivity index (χ1) is 12.6. The molecule has 0 spiro atoms. The molecule has 1 aromatic rings. The molecule has 0 aromatic carbocycles. The number of thiophene rings is 1. The lowest BCUT2D eigenvalue weighted by Gasteiger charge is -2.33. The smallest absolute Gasteiger partial charge is 0.191 e. The average molecular weight is 528 g/mol. The molecular formula is C17H29IN4O3S2. The van der Waals surface area contributed by atoms with Gasteiger partial charge in [0.1, 0.15) is 0 Å². The molecule has 2 N–H and O–H groups in total. The number of halogens is 1. The molecule has 27 heavy (non-hydrogen) atoms. The monoisotopic (exact) mass is 528 g/mol. The van der Waals surface area contributed by atoms with Crippen molar-refractivity contribution < 1.29 is 13.2 Å². The molecule has 154 valence electrons. The van der Waals surface area contributed by atoms with Gasteiger partial charge in [0, 0.05) is 30.6 Å². The van der Waals surface area contributed by atoms with E-state index in [4.69, 9.17) is 9.73 Å². The van der Waals surface area contributed by atoms with Crippen LogP contribution >= 0.6 is 35.3 Å². The van der Waals surface area contributed by atoms with Crippen LogP contribution in [0.2, 0.25) is 0 Å². The van der Waals surface area contributed by atoms with Crippen LogP contribution in [-0.4, -0.2) is 76.2 Å². The topological polar surface area (TPSA) is 83.0 Å². The van der Waals surface area contributed by atoms with Gasteiger partial charge >= 0.3 is 0 Å². The summed E-state index contributed by atoms with van der Waals surface area (Å²) in [5.74, 6) is 1.15. The lowest BCUT2D eigenvalue weighted by Crippen LogP contribution is -2.45. The van der Waals surface area contributed by atoms with E-state index in [1.165, 1.54) is 4.88 Å². The fourth-order valence-electron chi connectivity index (χ4n) is 3.36. The number of ether oxygens (including phenoxy) is 1. The summed E-state index contributed by atoms with van der Waals surface area (Å²) in [4.78, 5) is 8.50. The van der Waals surface area contributed by atoms with Crippen LogP contribution in [0.25, 0.3) is 0 Å². The van der Waals surface area contributed by atoms with Crippen LogP contribution in [0.5, 0.6) is 0 Å². The van der Waals surface area contributed by atoms with E-state index < -0.39 is 9.84 Å². The van der Waals surface area contributed by atoms with Gasteiger partial charge in [-0.15, -0.1) is 35.3 Å². The van der Waals surface area contributed by atoms with Gasteiger partial charge < -0.3 is 15.4 Å². The summed E-state index contributed by atoms with van der Waals surface area (Å²) in [5.41, 5.74) is 0. The SMILES string of the molecule is CCNC(=NCC(c1cccs1)N1CCOCC1)NC1CCS(=O)(=O)C1.I. The third-order valence-electron chi connectivity index (χ3n) is 4.70. The molecule has 1 aromatic heterocycles. The Morgan fingerprint density at radius 2 is 2.22 bits per heavy atom. The Balaban J connectivity index is 0.00000261. The van der Waals surface area contributed by atoms with Crippen molar-refractivity contribution in [1.82, 2.24) is 15.5 Å². The molecule has 0 aliphatic carbocycles. The van der Waals surface area contributed by atoms with E-state index in [1.54, 1.807) is 11.3 Å². The highest BCUT2D eigenvalue weighted by molar-refractivity contribution is 14.0. The number of aliphatic imine (C=N–C) groups is 1. The summed E-state index contributed by atoms with van der Waals surface area (Å²) in [6.45, 7) is 6.71. The number of hydrogen-bond acceptors (Lipinski definition) is 6. The fourth-order valence-corrected chi connectivity index (χ4v) is 5.88. The van der Waals surface area contributed by atoms with Crippen molar-refractivity contribution in [3.8, 4) is 0 Å². The van der Waals surface area contributed by atoms with Gasteiger partial charge in [-0.1, -0.05) is 6.07 Å². The second-order valence-electron chi connectivity index (χ2n) is 6.64. The highest BCUT2D eigenvalue weighted by Crippen LogP contribution is 2.26. The van der Waals surface area contributed by atoms with Crippen LogP contribution < -0.4 is 10.6 Å². The minimum atomic E-state index is -2.91. The molecule has 2 aliphatic rings. The molecule has 7 nitrogen and oxygen atoms in total. The van der Waals surface area contributed by atoms with E-state index >= 15 is 0 Å². The molecule has 2 atom stereocenters.